The third-order valence-corrected chi connectivity index (χ3v) is 3.14. The number of hydrogen-bond donors (Lipinski definition) is 0. The van der Waals surface area contributed by atoms with E-state index in [4.69, 9.17) is 0 Å². The highest BCUT2D eigenvalue weighted by molar-refractivity contribution is 6.22. The molecule has 0 aliphatic carbocycles. The van der Waals surface area contributed by atoms with E-state index in [0.29, 0.717) is 11.7 Å². The first-order valence-electron chi connectivity index (χ1n) is 5.89. The number of aromatic nitrogens is 2. The lowest BCUT2D eigenvalue weighted by Crippen LogP contribution is -2.33. The molecule has 1 aromatic heterocycles. The van der Waals surface area contributed by atoms with Crippen LogP contribution in [0.15, 0.2) is 46.5 Å². The molecule has 6 nitrogen and oxygen atoms in total. The van der Waals surface area contributed by atoms with Gasteiger partial charge in [-0.1, -0.05) is 18.2 Å². The van der Waals surface area contributed by atoms with Gasteiger partial charge in [-0.3, -0.25) is 14.7 Å². The van der Waals surface area contributed by atoms with Gasteiger partial charge in [0, 0.05) is 0 Å². The number of para-hydroxylation sites is 1. The predicted molar refractivity (Wildman–Crippen MR) is 70.0 cm³/mol. The second-order valence-corrected chi connectivity index (χ2v) is 4.28. The van der Waals surface area contributed by atoms with Crippen molar-refractivity contribution < 1.29 is 4.79 Å². The van der Waals surface area contributed by atoms with Crippen LogP contribution in [0.3, 0.4) is 0 Å². The molecule has 0 atom stereocenters. The Hall–Kier alpha value is -2.76. The van der Waals surface area contributed by atoms with Crippen molar-refractivity contribution >= 4 is 23.9 Å². The summed E-state index contributed by atoms with van der Waals surface area (Å²) in [5.74, 6) is 1.28. The van der Waals surface area contributed by atoms with E-state index >= 15 is 0 Å². The summed E-state index contributed by atoms with van der Waals surface area (Å²) in [6, 6.07) is 9.75. The zero-order chi connectivity index (χ0) is 12.8. The predicted octanol–water partition coefficient (Wildman–Crippen LogP) is 1.13. The Morgan fingerprint density at radius 1 is 1.16 bits per heavy atom. The molecule has 4 rings (SSSR count). The minimum Gasteiger partial charge on any atom is -0.272 e. The molecular weight excluding hydrogens is 242 g/mol. The number of carbonyl (C=O) groups excluding carboxylic acids is 1. The molecule has 2 aliphatic rings. The molecule has 0 N–H and O–H groups in total. The Morgan fingerprint density at radius 2 is 2.00 bits per heavy atom. The normalized spacial score (nSPS) is 16.3. The van der Waals surface area contributed by atoms with E-state index in [0.717, 1.165) is 11.3 Å². The summed E-state index contributed by atoms with van der Waals surface area (Å²) in [7, 11) is 0. The van der Waals surface area contributed by atoms with Crippen molar-refractivity contribution in [3.8, 4) is 5.69 Å². The van der Waals surface area contributed by atoms with Crippen molar-refractivity contribution in [1.82, 2.24) is 14.7 Å². The number of benzene rings is 1. The van der Waals surface area contributed by atoms with E-state index in [-0.39, 0.29) is 12.5 Å². The van der Waals surface area contributed by atoms with E-state index in [1.807, 2.05) is 30.3 Å². The number of rotatable bonds is 1. The van der Waals surface area contributed by atoms with Crippen molar-refractivity contribution in [2.75, 3.05) is 6.54 Å². The average Bonchev–Trinajstić information content (AvgIpc) is 3.03. The largest absolute Gasteiger partial charge is 0.272 e. The van der Waals surface area contributed by atoms with Crippen LogP contribution < -0.4 is 0 Å². The van der Waals surface area contributed by atoms with Crippen LogP contribution in [0.5, 0.6) is 0 Å². The van der Waals surface area contributed by atoms with Crippen LogP contribution >= 0.6 is 0 Å². The fourth-order valence-corrected chi connectivity index (χ4v) is 2.24. The van der Waals surface area contributed by atoms with Gasteiger partial charge in [0.25, 0.3) is 5.91 Å². The summed E-state index contributed by atoms with van der Waals surface area (Å²) in [5.41, 5.74) is 1.72. The summed E-state index contributed by atoms with van der Waals surface area (Å²) < 4.78 is 1.74. The van der Waals surface area contributed by atoms with Crippen molar-refractivity contribution in [3.05, 3.63) is 42.1 Å². The molecular formula is C13H9N5O. The number of hydrogen-bond acceptors (Lipinski definition) is 4. The molecule has 0 unspecified atom stereocenters. The van der Waals surface area contributed by atoms with Gasteiger partial charge in [-0.2, -0.15) is 5.10 Å². The molecule has 3 heterocycles. The van der Waals surface area contributed by atoms with Crippen molar-refractivity contribution in [2.24, 2.45) is 9.98 Å². The van der Waals surface area contributed by atoms with E-state index in [2.05, 4.69) is 15.1 Å². The fraction of sp³-hybridized carbons (Fsp3) is 0.0769. The molecule has 2 aromatic rings. The standard InChI is InChI=1S/C13H9N5O/c19-11-7-14-12-10-6-16-18(9-4-2-1-3-5-9)13(10)15-8-17(11)12/h1-6,8H,7H2. The maximum Gasteiger partial charge on any atom is 0.255 e. The fourth-order valence-electron chi connectivity index (χ4n) is 2.24. The molecule has 0 saturated heterocycles. The second-order valence-electron chi connectivity index (χ2n) is 4.28. The third kappa shape index (κ3) is 1.36. The molecule has 6 heteroatoms. The first-order valence-corrected chi connectivity index (χ1v) is 5.89. The van der Waals surface area contributed by atoms with Crippen LogP contribution in [0.2, 0.25) is 0 Å². The highest BCUT2D eigenvalue weighted by Gasteiger charge is 2.32. The second kappa shape index (κ2) is 3.61. The molecule has 0 fully saturated rings. The lowest BCUT2D eigenvalue weighted by molar-refractivity contribution is -0.122. The third-order valence-electron chi connectivity index (χ3n) is 3.14. The van der Waals surface area contributed by atoms with Gasteiger partial charge < -0.3 is 0 Å². The number of nitrogens with zero attached hydrogens (tertiary/aromatic N) is 5. The highest BCUT2D eigenvalue weighted by Crippen LogP contribution is 2.28. The zero-order valence-electron chi connectivity index (χ0n) is 9.89. The molecule has 0 saturated carbocycles. The van der Waals surface area contributed by atoms with Crippen LogP contribution in [0.1, 0.15) is 5.56 Å². The number of amidine groups is 1. The molecule has 2 aliphatic heterocycles. The Bertz CT molecular complexity index is 729. The van der Waals surface area contributed by atoms with Crippen molar-refractivity contribution in [3.63, 3.8) is 0 Å². The van der Waals surface area contributed by atoms with Crippen molar-refractivity contribution in [1.29, 1.82) is 0 Å². The monoisotopic (exact) mass is 251 g/mol. The average molecular weight is 251 g/mol. The van der Waals surface area contributed by atoms with E-state index in [1.165, 1.54) is 11.2 Å². The number of fused-ring (bicyclic) bond motifs is 3. The van der Waals surface area contributed by atoms with Gasteiger partial charge in [-0.05, 0) is 12.1 Å². The van der Waals surface area contributed by atoms with Crippen LogP contribution in [-0.4, -0.2) is 39.3 Å². The summed E-state index contributed by atoms with van der Waals surface area (Å²) in [6.45, 7) is 0.178. The van der Waals surface area contributed by atoms with Crippen LogP contribution in [0.4, 0.5) is 5.82 Å². The van der Waals surface area contributed by atoms with Gasteiger partial charge in [-0.15, -0.1) is 0 Å². The molecule has 92 valence electrons. The highest BCUT2D eigenvalue weighted by atomic mass is 16.2. The van der Waals surface area contributed by atoms with Gasteiger partial charge in [0.15, 0.2) is 5.82 Å². The first kappa shape index (κ1) is 10.2. The summed E-state index contributed by atoms with van der Waals surface area (Å²) in [6.07, 6.45) is 3.21. The van der Waals surface area contributed by atoms with Gasteiger partial charge in [0.1, 0.15) is 18.7 Å². The maximum absolute atomic E-state index is 11.6. The summed E-state index contributed by atoms with van der Waals surface area (Å²) in [5, 5.41) is 4.34. The minimum absolute atomic E-state index is 0.0585. The zero-order valence-corrected chi connectivity index (χ0v) is 9.89. The van der Waals surface area contributed by atoms with Gasteiger partial charge in [0.05, 0.1) is 17.4 Å². The lowest BCUT2D eigenvalue weighted by atomic mass is 10.2. The Balaban J connectivity index is 1.88. The molecule has 0 bridgehead atoms. The van der Waals surface area contributed by atoms with E-state index in [9.17, 15) is 4.79 Å². The van der Waals surface area contributed by atoms with Gasteiger partial charge in [0.2, 0.25) is 0 Å². The van der Waals surface area contributed by atoms with E-state index < -0.39 is 0 Å². The Morgan fingerprint density at radius 3 is 2.84 bits per heavy atom. The van der Waals surface area contributed by atoms with Crippen molar-refractivity contribution in [2.45, 2.75) is 0 Å². The number of aliphatic imine (C=N–C) groups is 2. The molecule has 1 amide bonds. The number of carbonyl (C=O) groups is 1. The first-order chi connectivity index (χ1) is 9.34. The smallest absolute Gasteiger partial charge is 0.255 e. The Labute approximate surface area is 108 Å². The van der Waals surface area contributed by atoms with Crippen LogP contribution in [-0.2, 0) is 4.79 Å². The van der Waals surface area contributed by atoms with Gasteiger partial charge in [-0.25, -0.2) is 9.67 Å². The van der Waals surface area contributed by atoms with Crippen LogP contribution in [0, 0.1) is 0 Å². The Kier molecular flexibility index (Phi) is 1.94. The quantitative estimate of drug-likeness (QED) is 0.762. The molecule has 0 radical (unpaired) electrons. The summed E-state index contributed by atoms with van der Waals surface area (Å²) >= 11 is 0. The van der Waals surface area contributed by atoms with Gasteiger partial charge >= 0.3 is 0 Å². The lowest BCUT2D eigenvalue weighted by Gasteiger charge is -2.16. The minimum atomic E-state index is -0.0585. The molecule has 19 heavy (non-hydrogen) atoms. The summed E-state index contributed by atoms with van der Waals surface area (Å²) in [4.78, 5) is 21.6. The topological polar surface area (TPSA) is 62.9 Å². The number of amides is 1. The van der Waals surface area contributed by atoms with E-state index in [1.54, 1.807) is 10.9 Å². The van der Waals surface area contributed by atoms with Crippen LogP contribution in [0.25, 0.3) is 5.69 Å². The molecule has 0 spiro atoms. The molecule has 1 aromatic carbocycles. The SMILES string of the molecule is O=C1CN=C2c3cnn(-c4ccccc4)c3N=CN12. The maximum atomic E-state index is 11.6.